The average molecular weight is 387 g/mol. The van der Waals surface area contributed by atoms with E-state index >= 15 is 0 Å². The van der Waals surface area contributed by atoms with Crippen molar-refractivity contribution in [3.63, 3.8) is 0 Å². The number of anilines is 1. The highest BCUT2D eigenvalue weighted by Crippen LogP contribution is 2.28. The molecule has 1 unspecified atom stereocenters. The fourth-order valence-corrected chi connectivity index (χ4v) is 3.50. The van der Waals surface area contributed by atoms with Crippen molar-refractivity contribution < 1.29 is 9.32 Å². The molecule has 146 valence electrons. The van der Waals surface area contributed by atoms with Gasteiger partial charge >= 0.3 is 6.03 Å². The summed E-state index contributed by atoms with van der Waals surface area (Å²) < 4.78 is 5.52. The van der Waals surface area contributed by atoms with E-state index in [2.05, 4.69) is 21.5 Å². The second-order valence-corrected chi connectivity index (χ2v) is 7.23. The zero-order valence-corrected chi connectivity index (χ0v) is 16.1. The minimum absolute atomic E-state index is 0.0153. The molecule has 2 heterocycles. The van der Waals surface area contributed by atoms with Crippen LogP contribution in [0.2, 0.25) is 0 Å². The summed E-state index contributed by atoms with van der Waals surface area (Å²) in [5.41, 5.74) is 3.28. The van der Waals surface area contributed by atoms with E-state index in [0.29, 0.717) is 36.1 Å². The van der Waals surface area contributed by atoms with Crippen LogP contribution in [0.3, 0.4) is 0 Å². The molecule has 0 bridgehead atoms. The van der Waals surface area contributed by atoms with E-state index in [1.807, 2.05) is 31.2 Å². The van der Waals surface area contributed by atoms with E-state index in [0.717, 1.165) is 24.0 Å². The summed E-state index contributed by atoms with van der Waals surface area (Å²) in [6, 6.07) is 16.7. The molecule has 1 N–H and O–H groups in total. The third-order valence-corrected chi connectivity index (χ3v) is 5.04. The van der Waals surface area contributed by atoms with Crippen molar-refractivity contribution in [2.24, 2.45) is 0 Å². The van der Waals surface area contributed by atoms with E-state index in [9.17, 15) is 4.79 Å². The van der Waals surface area contributed by atoms with Gasteiger partial charge in [-0.2, -0.15) is 10.2 Å². The van der Waals surface area contributed by atoms with Crippen LogP contribution in [0.1, 0.15) is 35.8 Å². The van der Waals surface area contributed by atoms with Crippen LogP contribution in [0.15, 0.2) is 53.1 Å². The van der Waals surface area contributed by atoms with Crippen molar-refractivity contribution in [1.82, 2.24) is 15.0 Å². The molecule has 2 amide bonds. The fourth-order valence-electron chi connectivity index (χ4n) is 3.50. The number of aromatic nitrogens is 2. The maximum absolute atomic E-state index is 12.6. The Labute approximate surface area is 169 Å². The second kappa shape index (κ2) is 8.15. The lowest BCUT2D eigenvalue weighted by Crippen LogP contribution is -2.41. The predicted octanol–water partition coefficient (Wildman–Crippen LogP) is 4.33. The van der Waals surface area contributed by atoms with E-state index < -0.39 is 0 Å². The maximum atomic E-state index is 12.6. The first-order valence-corrected chi connectivity index (χ1v) is 9.59. The Morgan fingerprint density at radius 2 is 2.10 bits per heavy atom. The number of nitriles is 1. The standard InChI is InChI=1S/C22H21N5O2/c1-15-4-2-5-17(12-15)20-25-21(29-26-20)18-6-3-11-27(14-18)22(28)24-19-9-7-16(13-23)8-10-19/h2,4-5,7-10,12,18H,3,6,11,14H2,1H3,(H,24,28). The first-order valence-electron chi connectivity index (χ1n) is 9.59. The minimum atomic E-state index is -0.169. The first-order chi connectivity index (χ1) is 14.1. The van der Waals surface area contributed by atoms with Gasteiger partial charge in [0.2, 0.25) is 11.7 Å². The monoisotopic (exact) mass is 387 g/mol. The zero-order chi connectivity index (χ0) is 20.2. The lowest BCUT2D eigenvalue weighted by atomic mass is 9.98. The van der Waals surface area contributed by atoms with Crippen LogP contribution in [0, 0.1) is 18.3 Å². The Morgan fingerprint density at radius 3 is 2.86 bits per heavy atom. The summed E-state index contributed by atoms with van der Waals surface area (Å²) in [5, 5.41) is 15.9. The van der Waals surface area contributed by atoms with Crippen LogP contribution < -0.4 is 5.32 Å². The zero-order valence-electron chi connectivity index (χ0n) is 16.1. The molecule has 1 aromatic heterocycles. The quantitative estimate of drug-likeness (QED) is 0.722. The number of rotatable bonds is 3. The smallest absolute Gasteiger partial charge is 0.321 e. The van der Waals surface area contributed by atoms with Crippen molar-refractivity contribution in [2.75, 3.05) is 18.4 Å². The lowest BCUT2D eigenvalue weighted by Gasteiger charge is -2.31. The molecular formula is C22H21N5O2. The summed E-state index contributed by atoms with van der Waals surface area (Å²) >= 11 is 0. The van der Waals surface area contributed by atoms with Gasteiger partial charge in [0.1, 0.15) is 0 Å². The molecule has 0 saturated carbocycles. The Balaban J connectivity index is 1.43. The van der Waals surface area contributed by atoms with Crippen molar-refractivity contribution in [3.8, 4) is 17.5 Å². The summed E-state index contributed by atoms with van der Waals surface area (Å²) in [4.78, 5) is 19.0. The second-order valence-electron chi connectivity index (χ2n) is 7.23. The summed E-state index contributed by atoms with van der Waals surface area (Å²) in [7, 11) is 0. The number of hydrogen-bond donors (Lipinski definition) is 1. The number of amides is 2. The number of hydrogen-bond acceptors (Lipinski definition) is 5. The molecule has 1 fully saturated rings. The van der Waals surface area contributed by atoms with E-state index in [-0.39, 0.29) is 11.9 Å². The SMILES string of the molecule is Cc1cccc(-c2noc(C3CCCN(C(=O)Nc4ccc(C#N)cc4)C3)n2)c1. The number of urea groups is 1. The molecule has 2 aromatic carbocycles. The molecule has 0 radical (unpaired) electrons. The van der Waals surface area contributed by atoms with E-state index in [4.69, 9.17) is 9.78 Å². The predicted molar refractivity (Wildman–Crippen MR) is 108 cm³/mol. The van der Waals surface area contributed by atoms with Gasteiger partial charge in [-0.1, -0.05) is 28.9 Å². The van der Waals surface area contributed by atoms with Gasteiger partial charge in [0, 0.05) is 24.3 Å². The first kappa shape index (κ1) is 18.7. The van der Waals surface area contributed by atoms with Crippen molar-refractivity contribution >= 4 is 11.7 Å². The van der Waals surface area contributed by atoms with Crippen LogP contribution in [0.5, 0.6) is 0 Å². The number of nitrogens with zero attached hydrogens (tertiary/aromatic N) is 4. The van der Waals surface area contributed by atoms with Gasteiger partial charge < -0.3 is 14.7 Å². The summed E-state index contributed by atoms with van der Waals surface area (Å²) in [6.07, 6.45) is 1.77. The molecular weight excluding hydrogens is 366 g/mol. The van der Waals surface area contributed by atoms with Crippen molar-refractivity contribution in [2.45, 2.75) is 25.7 Å². The van der Waals surface area contributed by atoms with Gasteiger partial charge in [-0.25, -0.2) is 4.79 Å². The number of piperidine rings is 1. The maximum Gasteiger partial charge on any atom is 0.321 e. The number of carbonyl (C=O) groups excluding carboxylic acids is 1. The van der Waals surface area contributed by atoms with Crippen molar-refractivity contribution in [1.29, 1.82) is 5.26 Å². The van der Waals surface area contributed by atoms with Gasteiger partial charge in [-0.15, -0.1) is 0 Å². The van der Waals surface area contributed by atoms with Gasteiger partial charge in [-0.05, 0) is 50.1 Å². The van der Waals surface area contributed by atoms with Crippen LogP contribution in [0.25, 0.3) is 11.4 Å². The lowest BCUT2D eigenvalue weighted by molar-refractivity contribution is 0.184. The van der Waals surface area contributed by atoms with Crippen LogP contribution in [-0.4, -0.2) is 34.2 Å². The summed E-state index contributed by atoms with van der Waals surface area (Å²) in [5.74, 6) is 1.15. The largest absolute Gasteiger partial charge is 0.339 e. The molecule has 1 aliphatic rings. The highest BCUT2D eigenvalue weighted by molar-refractivity contribution is 5.89. The molecule has 7 nitrogen and oxygen atoms in total. The highest BCUT2D eigenvalue weighted by atomic mass is 16.5. The van der Waals surface area contributed by atoms with Crippen LogP contribution in [0.4, 0.5) is 10.5 Å². The molecule has 7 heteroatoms. The Morgan fingerprint density at radius 1 is 1.28 bits per heavy atom. The Bertz CT molecular complexity index is 1050. The number of benzene rings is 2. The third-order valence-electron chi connectivity index (χ3n) is 5.04. The molecule has 29 heavy (non-hydrogen) atoms. The molecule has 0 spiro atoms. The number of carbonyl (C=O) groups is 1. The molecule has 4 rings (SSSR count). The van der Waals surface area contributed by atoms with E-state index in [1.54, 1.807) is 29.2 Å². The summed E-state index contributed by atoms with van der Waals surface area (Å²) in [6.45, 7) is 3.23. The number of aryl methyl sites for hydroxylation is 1. The molecule has 1 saturated heterocycles. The average Bonchev–Trinajstić information content (AvgIpc) is 3.25. The van der Waals surface area contributed by atoms with Gasteiger partial charge in [-0.3, -0.25) is 0 Å². The molecule has 1 aliphatic heterocycles. The van der Waals surface area contributed by atoms with Crippen molar-refractivity contribution in [3.05, 3.63) is 65.5 Å². The Kier molecular flexibility index (Phi) is 5.25. The minimum Gasteiger partial charge on any atom is -0.339 e. The van der Waals surface area contributed by atoms with Gasteiger partial charge in [0.05, 0.1) is 17.6 Å². The molecule has 1 atom stereocenters. The Hall–Kier alpha value is -3.66. The number of nitrogens with one attached hydrogen (secondary N) is 1. The van der Waals surface area contributed by atoms with Crippen LogP contribution in [-0.2, 0) is 0 Å². The van der Waals surface area contributed by atoms with Crippen LogP contribution >= 0.6 is 0 Å². The fraction of sp³-hybridized carbons (Fsp3) is 0.273. The van der Waals surface area contributed by atoms with E-state index in [1.165, 1.54) is 0 Å². The molecule has 3 aromatic rings. The third kappa shape index (κ3) is 4.27. The van der Waals surface area contributed by atoms with Gasteiger partial charge in [0.25, 0.3) is 0 Å². The topological polar surface area (TPSA) is 95.0 Å². The number of likely N-dealkylation sites (tertiary alicyclic amines) is 1. The molecule has 0 aliphatic carbocycles. The van der Waals surface area contributed by atoms with Gasteiger partial charge in [0.15, 0.2) is 0 Å². The normalized spacial score (nSPS) is 16.3. The highest BCUT2D eigenvalue weighted by Gasteiger charge is 2.28.